The van der Waals surface area contributed by atoms with Crippen LogP contribution in [0.15, 0.2) is 52.9 Å². The van der Waals surface area contributed by atoms with E-state index in [9.17, 15) is 14.4 Å². The van der Waals surface area contributed by atoms with Gasteiger partial charge in [-0.2, -0.15) is 0 Å². The number of aliphatic imine (C=N–C) groups is 1. The molecule has 2 atom stereocenters. The minimum absolute atomic E-state index is 0.00982. The third-order valence-corrected chi connectivity index (χ3v) is 6.24. The Hall–Kier alpha value is -2.99. The smallest absolute Gasteiger partial charge is 0.222 e. The van der Waals surface area contributed by atoms with E-state index in [0.29, 0.717) is 35.2 Å². The largest absolute Gasteiger partial charge is 0.299 e. The van der Waals surface area contributed by atoms with Gasteiger partial charge in [0.15, 0.2) is 5.78 Å². The molecular weight excluding hydrogens is 402 g/mol. The molecule has 6 nitrogen and oxygen atoms in total. The molecule has 0 saturated heterocycles. The number of hydrogen-bond acceptors (Lipinski definition) is 6. The number of Topliss-reactive ketones (excluding diaryl/α,β-unsaturated/α-hetero) is 3. The number of benzene rings is 1. The van der Waals surface area contributed by atoms with Gasteiger partial charge in [0.25, 0.3) is 0 Å². The van der Waals surface area contributed by atoms with E-state index in [2.05, 4.69) is 15.0 Å². The summed E-state index contributed by atoms with van der Waals surface area (Å²) in [6.07, 6.45) is 4.01. The minimum atomic E-state index is -0.654. The summed E-state index contributed by atoms with van der Waals surface area (Å²) in [4.78, 5) is 52.8. The summed E-state index contributed by atoms with van der Waals surface area (Å²) in [6, 6.07) is 6.73. The second-order valence-corrected chi connectivity index (χ2v) is 9.13. The molecule has 7 heteroatoms. The maximum absolute atomic E-state index is 13.5. The van der Waals surface area contributed by atoms with Gasteiger partial charge in [-0.1, -0.05) is 38.1 Å². The molecule has 2 aliphatic carbocycles. The third-order valence-electron chi connectivity index (χ3n) is 6.05. The van der Waals surface area contributed by atoms with E-state index in [1.807, 2.05) is 13.8 Å². The van der Waals surface area contributed by atoms with Crippen molar-refractivity contribution in [3.05, 3.63) is 69.9 Å². The Morgan fingerprint density at radius 1 is 0.933 bits per heavy atom. The van der Waals surface area contributed by atoms with Crippen LogP contribution in [0.25, 0.3) is 0 Å². The molecular formula is C23H18ClN3O3. The van der Waals surface area contributed by atoms with Crippen molar-refractivity contribution in [2.24, 2.45) is 16.3 Å². The topological polar surface area (TPSA) is 89.4 Å². The fourth-order valence-electron chi connectivity index (χ4n) is 4.85. The van der Waals surface area contributed by atoms with Gasteiger partial charge in [-0.3, -0.25) is 19.4 Å². The summed E-state index contributed by atoms with van der Waals surface area (Å²) in [5, 5.41) is 0.0742. The molecule has 1 aromatic carbocycles. The number of aromatic nitrogens is 2. The summed E-state index contributed by atoms with van der Waals surface area (Å²) in [5.74, 6) is -1.82. The van der Waals surface area contributed by atoms with E-state index < -0.39 is 11.8 Å². The fraction of sp³-hybridized carbons (Fsp3) is 0.304. The van der Waals surface area contributed by atoms with Crippen molar-refractivity contribution in [3.8, 4) is 0 Å². The average molecular weight is 420 g/mol. The monoisotopic (exact) mass is 419 g/mol. The standard InChI is InChI=1S/C23H18ClN3O3/c1-23(2)7-14-17(15(28)8-23)16(11-9-25-22(24)26-10-11)18-19(27-14)21(30)13-6-4-3-5-12(13)20(18)29/h3-6,9-10,16-17H,7-8H2,1-2H3. The highest BCUT2D eigenvalue weighted by Gasteiger charge is 2.50. The number of allylic oxidation sites excluding steroid dienone is 2. The Bertz CT molecular complexity index is 1190. The van der Waals surface area contributed by atoms with Crippen LogP contribution in [0, 0.1) is 11.3 Å². The van der Waals surface area contributed by atoms with Crippen molar-refractivity contribution >= 4 is 34.7 Å². The van der Waals surface area contributed by atoms with Gasteiger partial charge in [0.2, 0.25) is 11.1 Å². The molecule has 150 valence electrons. The van der Waals surface area contributed by atoms with Crippen LogP contribution in [0.1, 0.15) is 58.9 Å². The number of nitrogens with zero attached hydrogens (tertiary/aromatic N) is 3. The molecule has 5 rings (SSSR count). The lowest BCUT2D eigenvalue weighted by Gasteiger charge is -2.41. The van der Waals surface area contributed by atoms with Crippen LogP contribution in [-0.2, 0) is 4.79 Å². The van der Waals surface area contributed by atoms with E-state index in [0.717, 1.165) is 0 Å². The maximum Gasteiger partial charge on any atom is 0.222 e. The molecule has 2 heterocycles. The van der Waals surface area contributed by atoms with Gasteiger partial charge < -0.3 is 0 Å². The lowest BCUT2D eigenvalue weighted by molar-refractivity contribution is -0.124. The number of ketones is 3. The van der Waals surface area contributed by atoms with Crippen LogP contribution >= 0.6 is 11.6 Å². The predicted octanol–water partition coefficient (Wildman–Crippen LogP) is 4.01. The lowest BCUT2D eigenvalue weighted by atomic mass is 9.62. The second-order valence-electron chi connectivity index (χ2n) is 8.79. The summed E-state index contributed by atoms with van der Waals surface area (Å²) >= 11 is 5.86. The number of carbonyl (C=O) groups is 3. The van der Waals surface area contributed by atoms with E-state index >= 15 is 0 Å². The Morgan fingerprint density at radius 2 is 1.57 bits per heavy atom. The summed E-state index contributed by atoms with van der Waals surface area (Å²) < 4.78 is 0. The normalized spacial score (nSPS) is 24.8. The molecule has 0 N–H and O–H groups in total. The number of fused-ring (bicyclic) bond motifs is 2. The maximum atomic E-state index is 13.5. The van der Waals surface area contributed by atoms with Crippen molar-refractivity contribution in [1.82, 2.24) is 9.97 Å². The molecule has 2 aromatic rings. The zero-order valence-electron chi connectivity index (χ0n) is 16.5. The number of hydrogen-bond donors (Lipinski definition) is 0. The zero-order valence-corrected chi connectivity index (χ0v) is 17.2. The van der Waals surface area contributed by atoms with Crippen LogP contribution in [-0.4, -0.2) is 33.0 Å². The highest BCUT2D eigenvalue weighted by Crippen LogP contribution is 2.49. The molecule has 0 spiro atoms. The highest BCUT2D eigenvalue weighted by atomic mass is 35.5. The Kier molecular flexibility index (Phi) is 4.12. The molecule has 2 unspecified atom stereocenters. The third kappa shape index (κ3) is 2.78. The van der Waals surface area contributed by atoms with Crippen molar-refractivity contribution in [2.75, 3.05) is 0 Å². The summed E-state index contributed by atoms with van der Waals surface area (Å²) in [6.45, 7) is 4.02. The molecule has 0 amide bonds. The predicted molar refractivity (Wildman–Crippen MR) is 111 cm³/mol. The molecule has 1 saturated carbocycles. The van der Waals surface area contributed by atoms with Crippen LogP contribution < -0.4 is 0 Å². The first-order valence-electron chi connectivity index (χ1n) is 9.77. The van der Waals surface area contributed by atoms with Crippen molar-refractivity contribution < 1.29 is 14.4 Å². The molecule has 30 heavy (non-hydrogen) atoms. The first kappa shape index (κ1) is 19.0. The van der Waals surface area contributed by atoms with Crippen LogP contribution in [0.4, 0.5) is 0 Å². The van der Waals surface area contributed by atoms with Gasteiger partial charge in [-0.15, -0.1) is 0 Å². The summed E-state index contributed by atoms with van der Waals surface area (Å²) in [5.41, 5.74) is 2.04. The molecule has 1 fully saturated rings. The molecule has 3 aliphatic rings. The number of halogens is 1. The zero-order chi connectivity index (χ0) is 21.2. The van der Waals surface area contributed by atoms with Gasteiger partial charge >= 0.3 is 0 Å². The van der Waals surface area contributed by atoms with Gasteiger partial charge in [-0.25, -0.2) is 9.97 Å². The minimum Gasteiger partial charge on any atom is -0.299 e. The van der Waals surface area contributed by atoms with Crippen molar-refractivity contribution in [1.29, 1.82) is 0 Å². The SMILES string of the molecule is CC1(C)CC(=O)C2C(=NC3=C(C(=O)c4ccccc4C3=O)C2c2cnc(Cl)nc2)C1. The molecule has 1 aliphatic heterocycles. The van der Waals surface area contributed by atoms with Gasteiger partial charge in [0.1, 0.15) is 11.5 Å². The van der Waals surface area contributed by atoms with E-state index in [1.165, 1.54) is 12.4 Å². The first-order chi connectivity index (χ1) is 14.3. The van der Waals surface area contributed by atoms with Crippen molar-refractivity contribution in [3.63, 3.8) is 0 Å². The first-order valence-corrected chi connectivity index (χ1v) is 10.1. The van der Waals surface area contributed by atoms with Crippen LogP contribution in [0.3, 0.4) is 0 Å². The Labute approximate surface area is 178 Å². The molecule has 0 radical (unpaired) electrons. The fourth-order valence-corrected chi connectivity index (χ4v) is 4.95. The molecule has 0 bridgehead atoms. The lowest BCUT2D eigenvalue weighted by Crippen LogP contribution is -2.45. The highest BCUT2D eigenvalue weighted by molar-refractivity contribution is 6.30. The number of rotatable bonds is 1. The quantitative estimate of drug-likeness (QED) is 0.651. The van der Waals surface area contributed by atoms with E-state index in [-0.39, 0.29) is 39.3 Å². The Balaban J connectivity index is 1.77. The van der Waals surface area contributed by atoms with Gasteiger partial charge in [0, 0.05) is 47.1 Å². The van der Waals surface area contributed by atoms with Crippen LogP contribution in [0.2, 0.25) is 5.28 Å². The number of carbonyl (C=O) groups excluding carboxylic acids is 3. The summed E-state index contributed by atoms with van der Waals surface area (Å²) in [7, 11) is 0. The van der Waals surface area contributed by atoms with Crippen molar-refractivity contribution in [2.45, 2.75) is 32.6 Å². The molecule has 1 aromatic heterocycles. The van der Waals surface area contributed by atoms with E-state index in [1.54, 1.807) is 24.3 Å². The van der Waals surface area contributed by atoms with E-state index in [4.69, 9.17) is 11.6 Å². The average Bonchev–Trinajstić information content (AvgIpc) is 2.70. The van der Waals surface area contributed by atoms with Gasteiger partial charge in [0.05, 0.1) is 5.92 Å². The van der Waals surface area contributed by atoms with Crippen LogP contribution in [0.5, 0.6) is 0 Å². The van der Waals surface area contributed by atoms with Gasteiger partial charge in [-0.05, 0) is 29.0 Å². The Morgan fingerprint density at radius 3 is 2.23 bits per heavy atom. The second kappa shape index (κ2) is 6.51.